The number of nitrogens with zero attached hydrogens (tertiary/aromatic N) is 1. The number of hydrazone groups is 1. The van der Waals surface area contributed by atoms with E-state index in [0.717, 1.165) is 42.0 Å². The zero-order valence-electron chi connectivity index (χ0n) is 13.7. The van der Waals surface area contributed by atoms with Crippen molar-refractivity contribution in [2.75, 3.05) is 19.0 Å². The molecule has 0 atom stereocenters. The first-order valence-corrected chi connectivity index (χ1v) is 8.08. The van der Waals surface area contributed by atoms with Gasteiger partial charge >= 0.3 is 0 Å². The second kappa shape index (κ2) is 7.64. The monoisotopic (exact) mass is 323 g/mol. The number of amides is 1. The number of benzene rings is 2. The molecule has 5 heteroatoms. The number of aryl methyl sites for hydroxylation is 1. The Morgan fingerprint density at radius 3 is 2.71 bits per heavy atom. The van der Waals surface area contributed by atoms with E-state index in [4.69, 9.17) is 4.74 Å². The van der Waals surface area contributed by atoms with Crippen molar-refractivity contribution in [2.24, 2.45) is 5.10 Å². The van der Waals surface area contributed by atoms with Crippen LogP contribution < -0.4 is 15.5 Å². The van der Waals surface area contributed by atoms with Crippen molar-refractivity contribution in [2.45, 2.75) is 19.3 Å². The summed E-state index contributed by atoms with van der Waals surface area (Å²) in [5.74, 6) is 0.619. The number of anilines is 1. The quantitative estimate of drug-likeness (QED) is 0.832. The summed E-state index contributed by atoms with van der Waals surface area (Å²) in [7, 11) is 1.62. The molecule has 0 heterocycles. The van der Waals surface area contributed by atoms with Gasteiger partial charge in [0.25, 0.3) is 5.91 Å². The molecule has 0 unspecified atom stereocenters. The fourth-order valence-corrected chi connectivity index (χ4v) is 2.78. The molecule has 124 valence electrons. The van der Waals surface area contributed by atoms with Gasteiger partial charge in [-0.2, -0.15) is 5.10 Å². The lowest BCUT2D eigenvalue weighted by molar-refractivity contribution is -0.119. The zero-order chi connectivity index (χ0) is 16.8. The van der Waals surface area contributed by atoms with Crippen molar-refractivity contribution in [3.8, 4) is 5.75 Å². The van der Waals surface area contributed by atoms with Gasteiger partial charge in [-0.05, 0) is 49.1 Å². The second-order valence-corrected chi connectivity index (χ2v) is 5.69. The molecule has 0 saturated carbocycles. The van der Waals surface area contributed by atoms with Gasteiger partial charge in [0.2, 0.25) is 0 Å². The number of ether oxygens (including phenoxy) is 1. The summed E-state index contributed by atoms with van der Waals surface area (Å²) in [6, 6.07) is 15.7. The van der Waals surface area contributed by atoms with Crippen molar-refractivity contribution in [3.05, 3.63) is 59.7 Å². The van der Waals surface area contributed by atoms with Crippen LogP contribution >= 0.6 is 0 Å². The Hall–Kier alpha value is -2.82. The number of rotatable bonds is 5. The molecule has 0 radical (unpaired) electrons. The maximum atomic E-state index is 12.0. The van der Waals surface area contributed by atoms with Gasteiger partial charge in [0.1, 0.15) is 5.75 Å². The maximum Gasteiger partial charge on any atom is 0.259 e. The van der Waals surface area contributed by atoms with Crippen molar-refractivity contribution in [1.82, 2.24) is 5.43 Å². The molecule has 1 aliphatic carbocycles. The Balaban J connectivity index is 1.55. The van der Waals surface area contributed by atoms with E-state index < -0.39 is 0 Å². The maximum absolute atomic E-state index is 12.0. The third-order valence-corrected chi connectivity index (χ3v) is 4.05. The highest BCUT2D eigenvalue weighted by atomic mass is 16.5. The fraction of sp³-hybridized carbons (Fsp3) is 0.263. The second-order valence-electron chi connectivity index (χ2n) is 5.69. The van der Waals surface area contributed by atoms with Crippen LogP contribution in [0, 0.1) is 0 Å². The van der Waals surface area contributed by atoms with Crippen LogP contribution in [0.4, 0.5) is 5.69 Å². The zero-order valence-corrected chi connectivity index (χ0v) is 13.7. The van der Waals surface area contributed by atoms with Gasteiger partial charge in [-0.3, -0.25) is 4.79 Å². The third kappa shape index (κ3) is 3.93. The van der Waals surface area contributed by atoms with Gasteiger partial charge in [-0.15, -0.1) is 0 Å². The first-order valence-electron chi connectivity index (χ1n) is 8.08. The van der Waals surface area contributed by atoms with E-state index in [0.29, 0.717) is 0 Å². The lowest BCUT2D eigenvalue weighted by Gasteiger charge is -2.17. The number of hydrogen-bond donors (Lipinski definition) is 2. The van der Waals surface area contributed by atoms with Crippen LogP contribution in [0.2, 0.25) is 0 Å². The van der Waals surface area contributed by atoms with Gasteiger partial charge < -0.3 is 10.1 Å². The largest absolute Gasteiger partial charge is 0.497 e. The van der Waals surface area contributed by atoms with Crippen LogP contribution in [0.15, 0.2) is 53.6 Å². The summed E-state index contributed by atoms with van der Waals surface area (Å²) < 4.78 is 5.10. The van der Waals surface area contributed by atoms with Crippen molar-refractivity contribution in [3.63, 3.8) is 0 Å². The van der Waals surface area contributed by atoms with Gasteiger partial charge in [0, 0.05) is 11.3 Å². The van der Waals surface area contributed by atoms with Crippen LogP contribution in [0.1, 0.15) is 24.0 Å². The molecule has 0 bridgehead atoms. The van der Waals surface area contributed by atoms with E-state index in [9.17, 15) is 4.79 Å². The predicted octanol–water partition coefficient (Wildman–Crippen LogP) is 2.96. The average molecular weight is 323 g/mol. The summed E-state index contributed by atoms with van der Waals surface area (Å²) in [5.41, 5.74) is 6.91. The number of carbonyl (C=O) groups excluding carboxylic acids is 1. The van der Waals surface area contributed by atoms with E-state index >= 15 is 0 Å². The highest BCUT2D eigenvalue weighted by Crippen LogP contribution is 2.21. The molecule has 2 N–H and O–H groups in total. The lowest BCUT2D eigenvalue weighted by Crippen LogP contribution is -2.27. The van der Waals surface area contributed by atoms with E-state index in [1.165, 1.54) is 5.56 Å². The highest BCUT2D eigenvalue weighted by molar-refractivity contribution is 6.03. The molecule has 0 saturated heterocycles. The Kier molecular flexibility index (Phi) is 5.11. The van der Waals surface area contributed by atoms with Gasteiger partial charge in [-0.1, -0.05) is 24.3 Å². The van der Waals surface area contributed by atoms with Crippen LogP contribution in [-0.4, -0.2) is 25.3 Å². The number of methoxy groups -OCH3 is 1. The average Bonchev–Trinajstić information content (AvgIpc) is 2.65. The predicted molar refractivity (Wildman–Crippen MR) is 95.5 cm³/mol. The van der Waals surface area contributed by atoms with Crippen molar-refractivity contribution in [1.29, 1.82) is 0 Å². The van der Waals surface area contributed by atoms with Crippen LogP contribution in [-0.2, 0) is 11.2 Å². The number of carbonyl (C=O) groups is 1. The van der Waals surface area contributed by atoms with Crippen LogP contribution in [0.3, 0.4) is 0 Å². The molecule has 0 aliphatic heterocycles. The molecule has 2 aromatic carbocycles. The molecule has 5 nitrogen and oxygen atoms in total. The Labute approximate surface area is 141 Å². The molecular formula is C19H21N3O2. The molecule has 2 aromatic rings. The van der Waals surface area contributed by atoms with E-state index in [1.807, 2.05) is 36.4 Å². The summed E-state index contributed by atoms with van der Waals surface area (Å²) in [5, 5.41) is 7.39. The van der Waals surface area contributed by atoms with Gasteiger partial charge in [0.05, 0.1) is 19.4 Å². The minimum Gasteiger partial charge on any atom is -0.497 e. The number of fused-ring (bicyclic) bond motifs is 1. The molecular weight excluding hydrogens is 302 g/mol. The molecule has 0 fully saturated rings. The smallest absolute Gasteiger partial charge is 0.259 e. The van der Waals surface area contributed by atoms with E-state index in [1.54, 1.807) is 7.11 Å². The van der Waals surface area contributed by atoms with E-state index in [2.05, 4.69) is 28.0 Å². The fourth-order valence-electron chi connectivity index (χ4n) is 2.78. The Morgan fingerprint density at radius 1 is 1.12 bits per heavy atom. The molecule has 0 aromatic heterocycles. The van der Waals surface area contributed by atoms with Gasteiger partial charge in [-0.25, -0.2) is 5.43 Å². The van der Waals surface area contributed by atoms with Crippen LogP contribution in [0.5, 0.6) is 5.75 Å². The topological polar surface area (TPSA) is 62.7 Å². The normalized spacial score (nSPS) is 14.8. The highest BCUT2D eigenvalue weighted by Gasteiger charge is 2.15. The molecule has 1 amide bonds. The summed E-state index contributed by atoms with van der Waals surface area (Å²) >= 11 is 0. The first-order chi connectivity index (χ1) is 11.8. The molecule has 24 heavy (non-hydrogen) atoms. The third-order valence-electron chi connectivity index (χ3n) is 4.05. The standard InChI is InChI=1S/C19H21N3O2/c1-24-16-11-9-15(10-12-16)20-13-19(23)22-21-18-8-4-6-14-5-2-3-7-17(14)18/h2-3,5,7,9-12,20H,4,6,8,13H2,1H3,(H,22,23)/b21-18-. The lowest BCUT2D eigenvalue weighted by atomic mass is 9.90. The first kappa shape index (κ1) is 16.1. The minimum absolute atomic E-state index is 0.165. The Bertz CT molecular complexity index is 739. The number of nitrogens with one attached hydrogen (secondary N) is 2. The van der Waals surface area contributed by atoms with Gasteiger partial charge in [0.15, 0.2) is 0 Å². The van der Waals surface area contributed by atoms with Crippen molar-refractivity contribution >= 4 is 17.3 Å². The van der Waals surface area contributed by atoms with Crippen molar-refractivity contribution < 1.29 is 9.53 Å². The SMILES string of the molecule is COc1ccc(NCC(=O)N/N=C2/CCCc3ccccc32)cc1. The van der Waals surface area contributed by atoms with E-state index in [-0.39, 0.29) is 12.5 Å². The summed E-state index contributed by atoms with van der Waals surface area (Å²) in [4.78, 5) is 12.0. The van der Waals surface area contributed by atoms with Crippen LogP contribution in [0.25, 0.3) is 0 Å². The molecule has 3 rings (SSSR count). The Morgan fingerprint density at radius 2 is 1.92 bits per heavy atom. The summed E-state index contributed by atoms with van der Waals surface area (Å²) in [6.07, 6.45) is 3.03. The summed E-state index contributed by atoms with van der Waals surface area (Å²) in [6.45, 7) is 0.171. The minimum atomic E-state index is -0.165. The molecule has 1 aliphatic rings. The molecule has 0 spiro atoms. The number of hydrogen-bond acceptors (Lipinski definition) is 4.